The van der Waals surface area contributed by atoms with Crippen molar-refractivity contribution in [1.82, 2.24) is 14.8 Å². The maximum atomic E-state index is 12.6. The first-order valence-corrected chi connectivity index (χ1v) is 12.4. The molecule has 178 valence electrons. The van der Waals surface area contributed by atoms with Crippen molar-refractivity contribution in [3.05, 3.63) is 53.7 Å². The summed E-state index contributed by atoms with van der Waals surface area (Å²) in [5.41, 5.74) is 2.03. The summed E-state index contributed by atoms with van der Waals surface area (Å²) in [7, 11) is 1.20. The molecule has 2 aromatic heterocycles. The Hall–Kier alpha value is -2.65. The van der Waals surface area contributed by atoms with Crippen LogP contribution >= 0.6 is 11.8 Å². The van der Waals surface area contributed by atoms with E-state index in [4.69, 9.17) is 9.15 Å². The molecule has 0 radical (unpaired) electrons. The van der Waals surface area contributed by atoms with E-state index in [2.05, 4.69) is 9.88 Å². The normalized spacial score (nSPS) is 14.1. The molecule has 2 amide bonds. The number of ketones is 1. The molecule has 0 bridgehead atoms. The number of amides is 2. The summed E-state index contributed by atoms with van der Waals surface area (Å²) in [5, 5.41) is 0. The summed E-state index contributed by atoms with van der Waals surface area (Å²) in [4.78, 5) is 44.8. The fourth-order valence-electron chi connectivity index (χ4n) is 3.74. The Bertz CT molecular complexity index is 913. The lowest BCUT2D eigenvalue weighted by molar-refractivity contribution is -0.131. The number of rotatable bonds is 11. The molecule has 0 saturated carbocycles. The van der Waals surface area contributed by atoms with Gasteiger partial charge in [-0.05, 0) is 62.2 Å². The van der Waals surface area contributed by atoms with E-state index < -0.39 is 12.0 Å². The molecule has 1 fully saturated rings. The molecule has 3 heterocycles. The maximum Gasteiger partial charge on any atom is 0.416 e. The highest BCUT2D eigenvalue weighted by atomic mass is 32.2. The first kappa shape index (κ1) is 25.0. The van der Waals surface area contributed by atoms with E-state index in [1.54, 1.807) is 18.5 Å². The number of thioether (sulfide) groups is 1. The van der Waals surface area contributed by atoms with Crippen LogP contribution in [0.3, 0.4) is 0 Å². The molecule has 3 rings (SSSR count). The molecule has 0 spiro atoms. The second-order valence-electron chi connectivity index (χ2n) is 8.05. The van der Waals surface area contributed by atoms with E-state index in [-0.39, 0.29) is 24.5 Å². The average Bonchev–Trinajstić information content (AvgIpc) is 3.35. The quantitative estimate of drug-likeness (QED) is 0.488. The van der Waals surface area contributed by atoms with Crippen molar-refractivity contribution in [2.45, 2.75) is 44.4 Å². The Balaban J connectivity index is 1.47. The number of likely N-dealkylation sites (tertiary alicyclic amines) is 1. The monoisotopic (exact) mass is 473 g/mol. The second-order valence-corrected chi connectivity index (χ2v) is 9.04. The van der Waals surface area contributed by atoms with Gasteiger partial charge >= 0.3 is 6.09 Å². The number of aromatic nitrogens is 1. The largest absolute Gasteiger partial charge is 0.468 e. The summed E-state index contributed by atoms with van der Waals surface area (Å²) < 4.78 is 9.94. The van der Waals surface area contributed by atoms with Gasteiger partial charge in [-0.3, -0.25) is 19.5 Å². The highest BCUT2D eigenvalue weighted by Crippen LogP contribution is 2.15. The number of hydrogen-bond donors (Lipinski definition) is 0. The molecule has 0 aliphatic carbocycles. The number of pyridine rings is 1. The van der Waals surface area contributed by atoms with E-state index in [1.807, 2.05) is 18.2 Å². The predicted octanol–water partition coefficient (Wildman–Crippen LogP) is 3.69. The van der Waals surface area contributed by atoms with Crippen LogP contribution in [0.15, 0.2) is 41.1 Å². The summed E-state index contributed by atoms with van der Waals surface area (Å²) in [6, 6.07) is 7.64. The highest BCUT2D eigenvalue weighted by molar-refractivity contribution is 7.99. The number of ether oxygens (including phenoxy) is 1. The Labute approximate surface area is 198 Å². The first-order valence-electron chi connectivity index (χ1n) is 11.2. The van der Waals surface area contributed by atoms with Crippen molar-refractivity contribution < 1.29 is 23.5 Å². The Morgan fingerprint density at radius 1 is 1.21 bits per heavy atom. The lowest BCUT2D eigenvalue weighted by atomic mass is 10.1. The van der Waals surface area contributed by atoms with Gasteiger partial charge in [0.2, 0.25) is 5.91 Å². The molecular weight excluding hydrogens is 442 g/mol. The van der Waals surface area contributed by atoms with Crippen LogP contribution in [0.2, 0.25) is 0 Å². The smallest absolute Gasteiger partial charge is 0.416 e. The molecule has 1 aliphatic heterocycles. The number of carbonyl (C=O) groups excluding carboxylic acids is 3. The number of methoxy groups -OCH3 is 1. The molecule has 0 unspecified atom stereocenters. The zero-order valence-electron chi connectivity index (χ0n) is 19.0. The Kier molecular flexibility index (Phi) is 9.96. The number of hydrogen-bond acceptors (Lipinski definition) is 8. The number of furan rings is 1. The zero-order chi connectivity index (χ0) is 23.5. The van der Waals surface area contributed by atoms with Gasteiger partial charge in [-0.15, -0.1) is 11.8 Å². The van der Waals surface area contributed by atoms with Gasteiger partial charge in [0.25, 0.3) is 0 Å². The zero-order valence-corrected chi connectivity index (χ0v) is 19.8. The lowest BCUT2D eigenvalue weighted by Crippen LogP contribution is -2.41. The van der Waals surface area contributed by atoms with Crippen LogP contribution < -0.4 is 0 Å². The number of Topliss-reactive ketones (excluding diaryl/α,β-unsaturated/α-hetero) is 1. The SMILES string of the molecule is COC(=O)N(CC(=O)CCc1cc(CN2CCCCC2)ccn1)C(=O)CSCc1ccco1. The van der Waals surface area contributed by atoms with Crippen molar-refractivity contribution in [3.63, 3.8) is 0 Å². The van der Waals surface area contributed by atoms with E-state index in [1.165, 1.54) is 43.7 Å². The highest BCUT2D eigenvalue weighted by Gasteiger charge is 2.24. The van der Waals surface area contributed by atoms with Crippen LogP contribution in [0.1, 0.15) is 42.7 Å². The maximum absolute atomic E-state index is 12.6. The third-order valence-electron chi connectivity index (χ3n) is 5.48. The Morgan fingerprint density at radius 2 is 2.03 bits per heavy atom. The molecule has 0 aromatic carbocycles. The van der Waals surface area contributed by atoms with Crippen molar-refractivity contribution in [2.75, 3.05) is 32.5 Å². The van der Waals surface area contributed by atoms with Crippen molar-refractivity contribution in [3.8, 4) is 0 Å². The van der Waals surface area contributed by atoms with Crippen LogP contribution in [-0.4, -0.2) is 65.1 Å². The average molecular weight is 474 g/mol. The van der Waals surface area contributed by atoms with Gasteiger partial charge in [0.15, 0.2) is 5.78 Å². The van der Waals surface area contributed by atoms with Crippen molar-refractivity contribution >= 4 is 29.5 Å². The molecule has 33 heavy (non-hydrogen) atoms. The second kappa shape index (κ2) is 13.2. The number of carbonyl (C=O) groups is 3. The molecule has 0 N–H and O–H groups in total. The van der Waals surface area contributed by atoms with Gasteiger partial charge in [0.1, 0.15) is 5.76 Å². The minimum atomic E-state index is -0.825. The van der Waals surface area contributed by atoms with E-state index in [0.717, 1.165) is 36.0 Å². The van der Waals surface area contributed by atoms with Crippen LogP contribution in [0.25, 0.3) is 0 Å². The summed E-state index contributed by atoms with van der Waals surface area (Å²) >= 11 is 1.31. The predicted molar refractivity (Wildman–Crippen MR) is 126 cm³/mol. The molecule has 1 saturated heterocycles. The fraction of sp³-hybridized carbons (Fsp3) is 0.500. The van der Waals surface area contributed by atoms with Gasteiger partial charge in [-0.25, -0.2) is 9.69 Å². The Morgan fingerprint density at radius 3 is 2.76 bits per heavy atom. The topological polar surface area (TPSA) is 93.0 Å². The summed E-state index contributed by atoms with van der Waals surface area (Å²) in [6.07, 6.45) is 6.95. The van der Waals surface area contributed by atoms with Gasteiger partial charge in [0.05, 0.1) is 31.4 Å². The van der Waals surface area contributed by atoms with Crippen molar-refractivity contribution in [2.24, 2.45) is 0 Å². The minimum Gasteiger partial charge on any atom is -0.468 e. The summed E-state index contributed by atoms with van der Waals surface area (Å²) in [6.45, 7) is 2.82. The molecule has 1 aliphatic rings. The summed E-state index contributed by atoms with van der Waals surface area (Å²) in [5.74, 6) is 0.606. The third-order valence-corrected chi connectivity index (χ3v) is 6.42. The van der Waals surface area contributed by atoms with E-state index in [9.17, 15) is 14.4 Å². The van der Waals surface area contributed by atoms with Gasteiger partial charge in [-0.2, -0.15) is 0 Å². The lowest BCUT2D eigenvalue weighted by Gasteiger charge is -2.26. The van der Waals surface area contributed by atoms with Gasteiger partial charge in [-0.1, -0.05) is 6.42 Å². The van der Waals surface area contributed by atoms with E-state index in [0.29, 0.717) is 12.2 Å². The molecule has 2 aromatic rings. The van der Waals surface area contributed by atoms with Crippen LogP contribution in [-0.2, 0) is 33.0 Å². The molecular formula is C24H31N3O5S. The number of nitrogens with zero attached hydrogens (tertiary/aromatic N) is 3. The van der Waals surface area contributed by atoms with Crippen LogP contribution in [0.5, 0.6) is 0 Å². The van der Waals surface area contributed by atoms with Crippen LogP contribution in [0.4, 0.5) is 4.79 Å². The molecule has 8 nitrogen and oxygen atoms in total. The van der Waals surface area contributed by atoms with Crippen LogP contribution in [0, 0.1) is 0 Å². The standard InChI is InChI=1S/C24H31N3O5S/c1-31-24(30)27(23(29)18-33-17-22-6-5-13-32-22)16-21(28)8-7-20-14-19(9-10-25-20)15-26-11-3-2-4-12-26/h5-6,9-10,13-14H,2-4,7-8,11-12,15-18H2,1H3. The van der Waals surface area contributed by atoms with E-state index >= 15 is 0 Å². The third kappa shape index (κ3) is 8.33. The van der Waals surface area contributed by atoms with Crippen molar-refractivity contribution in [1.29, 1.82) is 0 Å². The van der Waals surface area contributed by atoms with Gasteiger partial charge in [0, 0.05) is 24.9 Å². The van der Waals surface area contributed by atoms with Gasteiger partial charge < -0.3 is 9.15 Å². The number of piperidine rings is 1. The minimum absolute atomic E-state index is 0.0448. The molecule has 0 atom stereocenters. The fourth-order valence-corrected chi connectivity index (χ4v) is 4.54. The first-order chi connectivity index (χ1) is 16.0. The number of imide groups is 1. The molecule has 9 heteroatoms. The number of aryl methyl sites for hydroxylation is 1.